The van der Waals surface area contributed by atoms with Gasteiger partial charge in [0.2, 0.25) is 0 Å². The van der Waals surface area contributed by atoms with E-state index in [2.05, 4.69) is 35.9 Å². The summed E-state index contributed by atoms with van der Waals surface area (Å²) in [6, 6.07) is 17.0. The molecule has 0 bridgehead atoms. The van der Waals surface area contributed by atoms with Crippen molar-refractivity contribution in [1.82, 2.24) is 4.57 Å². The van der Waals surface area contributed by atoms with Crippen LogP contribution in [0, 0.1) is 13.8 Å². The summed E-state index contributed by atoms with van der Waals surface area (Å²) in [5.74, 6) is 0.852. The maximum absolute atomic E-state index is 12.6. The first kappa shape index (κ1) is 17.6. The van der Waals surface area contributed by atoms with E-state index in [9.17, 15) is 4.79 Å². The van der Waals surface area contributed by atoms with Gasteiger partial charge in [0.05, 0.1) is 19.8 Å². The van der Waals surface area contributed by atoms with Crippen molar-refractivity contribution < 1.29 is 14.3 Å². The highest BCUT2D eigenvalue weighted by Gasteiger charge is 2.14. The number of aromatic nitrogens is 1. The summed E-state index contributed by atoms with van der Waals surface area (Å²) in [5.41, 5.74) is 4.53. The molecule has 0 aliphatic carbocycles. The second-order valence-electron chi connectivity index (χ2n) is 6.02. The molecule has 3 rings (SSSR count). The van der Waals surface area contributed by atoms with E-state index in [0.717, 1.165) is 5.69 Å². The first-order chi connectivity index (χ1) is 12.5. The smallest absolute Gasteiger partial charge is 0.259 e. The minimum Gasteiger partial charge on any atom is -0.497 e. The number of amides is 1. The van der Waals surface area contributed by atoms with Crippen LogP contribution in [0.5, 0.6) is 11.5 Å². The zero-order valence-corrected chi connectivity index (χ0v) is 15.4. The van der Waals surface area contributed by atoms with Gasteiger partial charge in [-0.15, -0.1) is 0 Å². The first-order valence-corrected chi connectivity index (χ1v) is 8.32. The maximum Gasteiger partial charge on any atom is 0.259 e. The molecule has 0 saturated heterocycles. The van der Waals surface area contributed by atoms with Crippen LogP contribution in [0.3, 0.4) is 0 Å². The van der Waals surface area contributed by atoms with Gasteiger partial charge in [-0.2, -0.15) is 0 Å². The molecule has 2 aromatic carbocycles. The fourth-order valence-electron chi connectivity index (χ4n) is 2.96. The van der Waals surface area contributed by atoms with Crippen molar-refractivity contribution in [3.05, 3.63) is 71.5 Å². The standard InChI is InChI=1S/C21H22N2O3/c1-14-5-6-15(2)23(14)17-9-7-16(8-10-17)22-21(24)19-13-18(25-3)11-12-20(19)26-4/h5-13H,1-4H3,(H,22,24). The van der Waals surface area contributed by atoms with E-state index >= 15 is 0 Å². The van der Waals surface area contributed by atoms with E-state index in [-0.39, 0.29) is 5.91 Å². The highest BCUT2D eigenvalue weighted by molar-refractivity contribution is 6.06. The number of hydrogen-bond acceptors (Lipinski definition) is 3. The number of methoxy groups -OCH3 is 2. The monoisotopic (exact) mass is 350 g/mol. The molecule has 0 radical (unpaired) electrons. The van der Waals surface area contributed by atoms with Crippen molar-refractivity contribution in [3.8, 4) is 17.2 Å². The Labute approximate surface area is 153 Å². The van der Waals surface area contributed by atoms with E-state index in [4.69, 9.17) is 9.47 Å². The summed E-state index contributed by atoms with van der Waals surface area (Å²) in [4.78, 5) is 12.6. The quantitative estimate of drug-likeness (QED) is 0.744. The third-order valence-electron chi connectivity index (χ3n) is 4.31. The second kappa shape index (κ2) is 7.35. The lowest BCUT2D eigenvalue weighted by Crippen LogP contribution is -2.13. The molecule has 0 unspecified atom stereocenters. The number of rotatable bonds is 5. The Kier molecular flexibility index (Phi) is 4.98. The molecular formula is C21H22N2O3. The van der Waals surface area contributed by atoms with Crippen LogP contribution >= 0.6 is 0 Å². The largest absolute Gasteiger partial charge is 0.497 e. The molecule has 5 nitrogen and oxygen atoms in total. The van der Waals surface area contributed by atoms with E-state index in [0.29, 0.717) is 22.7 Å². The van der Waals surface area contributed by atoms with E-state index in [1.165, 1.54) is 18.5 Å². The molecule has 134 valence electrons. The van der Waals surface area contributed by atoms with Crippen LogP contribution in [0.4, 0.5) is 5.69 Å². The molecule has 1 heterocycles. The van der Waals surface area contributed by atoms with E-state index in [1.54, 1.807) is 25.3 Å². The Morgan fingerprint density at radius 2 is 1.54 bits per heavy atom. The van der Waals surface area contributed by atoms with Crippen LogP contribution in [-0.4, -0.2) is 24.7 Å². The lowest BCUT2D eigenvalue weighted by molar-refractivity contribution is 0.102. The molecule has 26 heavy (non-hydrogen) atoms. The number of carbonyl (C=O) groups is 1. The topological polar surface area (TPSA) is 52.5 Å². The predicted molar refractivity (Wildman–Crippen MR) is 103 cm³/mol. The molecule has 1 aromatic heterocycles. The number of ether oxygens (including phenoxy) is 2. The Bertz CT molecular complexity index is 907. The molecule has 0 spiro atoms. The molecule has 3 aromatic rings. The van der Waals surface area contributed by atoms with Crippen molar-refractivity contribution in [3.63, 3.8) is 0 Å². The lowest BCUT2D eigenvalue weighted by Gasteiger charge is -2.12. The molecule has 0 aliphatic heterocycles. The van der Waals surface area contributed by atoms with Crippen molar-refractivity contribution in [2.45, 2.75) is 13.8 Å². The second-order valence-corrected chi connectivity index (χ2v) is 6.02. The molecule has 0 aliphatic rings. The van der Waals surface area contributed by atoms with Crippen molar-refractivity contribution in [2.75, 3.05) is 19.5 Å². The fraction of sp³-hybridized carbons (Fsp3) is 0.190. The molecule has 1 amide bonds. The third kappa shape index (κ3) is 3.42. The number of anilines is 1. The highest BCUT2D eigenvalue weighted by Crippen LogP contribution is 2.25. The van der Waals surface area contributed by atoms with E-state index in [1.807, 2.05) is 24.3 Å². The minimum atomic E-state index is -0.248. The van der Waals surface area contributed by atoms with Gasteiger partial charge in [0.25, 0.3) is 5.91 Å². The fourth-order valence-corrected chi connectivity index (χ4v) is 2.96. The van der Waals surface area contributed by atoms with Gasteiger partial charge in [-0.05, 0) is 68.4 Å². The van der Waals surface area contributed by atoms with Gasteiger partial charge >= 0.3 is 0 Å². The zero-order chi connectivity index (χ0) is 18.7. The molecule has 1 N–H and O–H groups in total. The SMILES string of the molecule is COc1ccc(OC)c(C(=O)Nc2ccc(-n3c(C)ccc3C)cc2)c1. The van der Waals surface area contributed by atoms with Crippen molar-refractivity contribution in [1.29, 1.82) is 0 Å². The number of carbonyl (C=O) groups excluding carboxylic acids is 1. The van der Waals surface area contributed by atoms with Gasteiger partial charge in [-0.1, -0.05) is 0 Å². The maximum atomic E-state index is 12.6. The number of nitrogens with one attached hydrogen (secondary N) is 1. The van der Waals surface area contributed by atoms with Crippen LogP contribution in [0.1, 0.15) is 21.7 Å². The summed E-state index contributed by atoms with van der Waals surface area (Å²) in [6.45, 7) is 4.13. The average molecular weight is 350 g/mol. The summed E-state index contributed by atoms with van der Waals surface area (Å²) in [7, 11) is 3.10. The van der Waals surface area contributed by atoms with Gasteiger partial charge in [0, 0.05) is 22.8 Å². The number of aryl methyl sites for hydroxylation is 2. The normalized spacial score (nSPS) is 10.5. The Morgan fingerprint density at radius 1 is 0.885 bits per heavy atom. The van der Waals surface area contributed by atoms with E-state index < -0.39 is 0 Å². The Morgan fingerprint density at radius 3 is 2.12 bits per heavy atom. The molecular weight excluding hydrogens is 328 g/mol. The number of nitrogens with zero attached hydrogens (tertiary/aromatic N) is 1. The summed E-state index contributed by atoms with van der Waals surface area (Å²) >= 11 is 0. The van der Waals surface area contributed by atoms with Gasteiger partial charge in [-0.25, -0.2) is 0 Å². The van der Waals surface area contributed by atoms with Gasteiger partial charge in [0.15, 0.2) is 0 Å². The molecule has 0 saturated carbocycles. The van der Waals surface area contributed by atoms with Crippen LogP contribution in [-0.2, 0) is 0 Å². The number of hydrogen-bond donors (Lipinski definition) is 1. The van der Waals surface area contributed by atoms with Gasteiger partial charge < -0.3 is 19.4 Å². The molecule has 5 heteroatoms. The lowest BCUT2D eigenvalue weighted by atomic mass is 10.1. The molecule has 0 atom stereocenters. The van der Waals surface area contributed by atoms with Gasteiger partial charge in [0.1, 0.15) is 11.5 Å². The van der Waals surface area contributed by atoms with Crippen LogP contribution in [0.25, 0.3) is 5.69 Å². The third-order valence-corrected chi connectivity index (χ3v) is 4.31. The Balaban J connectivity index is 1.82. The predicted octanol–water partition coefficient (Wildman–Crippen LogP) is 4.36. The summed E-state index contributed by atoms with van der Waals surface area (Å²) < 4.78 is 12.6. The van der Waals surface area contributed by atoms with Crippen LogP contribution in [0.15, 0.2) is 54.6 Å². The molecule has 0 fully saturated rings. The van der Waals surface area contributed by atoms with Gasteiger partial charge in [-0.3, -0.25) is 4.79 Å². The van der Waals surface area contributed by atoms with Crippen LogP contribution < -0.4 is 14.8 Å². The Hall–Kier alpha value is -3.21. The zero-order valence-electron chi connectivity index (χ0n) is 15.4. The van der Waals surface area contributed by atoms with Crippen molar-refractivity contribution in [2.24, 2.45) is 0 Å². The summed E-state index contributed by atoms with van der Waals surface area (Å²) in [6.07, 6.45) is 0. The minimum absolute atomic E-state index is 0.248. The van der Waals surface area contributed by atoms with Crippen LogP contribution in [0.2, 0.25) is 0 Å². The van der Waals surface area contributed by atoms with Crippen molar-refractivity contribution >= 4 is 11.6 Å². The first-order valence-electron chi connectivity index (χ1n) is 8.32. The summed E-state index contributed by atoms with van der Waals surface area (Å²) in [5, 5.41) is 2.90. The highest BCUT2D eigenvalue weighted by atomic mass is 16.5. The number of benzene rings is 2. The average Bonchev–Trinajstić information content (AvgIpc) is 3.00.